The van der Waals surface area contributed by atoms with Gasteiger partial charge in [-0.2, -0.15) is 0 Å². The molecule has 1 saturated heterocycles. The summed E-state index contributed by atoms with van der Waals surface area (Å²) in [6.07, 6.45) is 4.46. The summed E-state index contributed by atoms with van der Waals surface area (Å²) in [5.41, 5.74) is 3.21. The second kappa shape index (κ2) is 5.57. The number of benzene rings is 1. The summed E-state index contributed by atoms with van der Waals surface area (Å²) in [4.78, 5) is 0. The zero-order valence-corrected chi connectivity index (χ0v) is 12.7. The van der Waals surface area contributed by atoms with Crippen LogP contribution in [0.4, 0.5) is 0 Å². The van der Waals surface area contributed by atoms with Gasteiger partial charge in [0.15, 0.2) is 0 Å². The fourth-order valence-electron chi connectivity index (χ4n) is 3.20. The summed E-state index contributed by atoms with van der Waals surface area (Å²) >= 11 is 0. The molecule has 2 aromatic heterocycles. The Bertz CT molecular complexity index is 783. The Labute approximate surface area is 129 Å². The minimum absolute atomic E-state index is 0.485. The molecule has 5 nitrogen and oxygen atoms in total. The van der Waals surface area contributed by atoms with Crippen LogP contribution in [-0.4, -0.2) is 28.1 Å². The van der Waals surface area contributed by atoms with Gasteiger partial charge in [0.25, 0.3) is 0 Å². The molecule has 0 spiro atoms. The van der Waals surface area contributed by atoms with Crippen molar-refractivity contribution in [2.75, 3.05) is 13.1 Å². The summed E-state index contributed by atoms with van der Waals surface area (Å²) in [6, 6.07) is 8.14. The second-order valence-corrected chi connectivity index (χ2v) is 6.03. The van der Waals surface area contributed by atoms with Crippen LogP contribution in [0.15, 0.2) is 34.9 Å². The summed E-state index contributed by atoms with van der Waals surface area (Å²) in [5, 5.41) is 13.2. The molecule has 0 saturated carbocycles. The van der Waals surface area contributed by atoms with Gasteiger partial charge in [0.2, 0.25) is 0 Å². The first kappa shape index (κ1) is 13.5. The Kier molecular flexibility index (Phi) is 3.42. The quantitative estimate of drug-likeness (QED) is 0.807. The predicted octanol–water partition coefficient (Wildman–Crippen LogP) is 2.85. The maximum absolute atomic E-state index is 5.96. The van der Waals surface area contributed by atoms with Gasteiger partial charge in [-0.3, -0.25) is 0 Å². The maximum Gasteiger partial charge on any atom is 0.134 e. The van der Waals surface area contributed by atoms with Crippen molar-refractivity contribution in [3.8, 4) is 0 Å². The van der Waals surface area contributed by atoms with Crippen LogP contribution in [0.2, 0.25) is 0 Å². The lowest BCUT2D eigenvalue weighted by Gasteiger charge is -2.20. The van der Waals surface area contributed by atoms with Crippen LogP contribution in [-0.2, 0) is 6.54 Å². The van der Waals surface area contributed by atoms with Gasteiger partial charge >= 0.3 is 0 Å². The number of aromatic nitrogens is 3. The molecular formula is C17H20N4O. The van der Waals surface area contributed by atoms with Crippen LogP contribution >= 0.6 is 0 Å². The number of furan rings is 1. The van der Waals surface area contributed by atoms with Crippen molar-refractivity contribution < 1.29 is 4.42 Å². The summed E-state index contributed by atoms with van der Waals surface area (Å²) < 4.78 is 7.84. The fourth-order valence-corrected chi connectivity index (χ4v) is 3.20. The molecule has 1 aromatic carbocycles. The van der Waals surface area contributed by atoms with Crippen molar-refractivity contribution in [3.63, 3.8) is 0 Å². The van der Waals surface area contributed by atoms with E-state index in [9.17, 15) is 0 Å². The molecule has 0 aliphatic carbocycles. The molecule has 1 atom stereocenters. The van der Waals surface area contributed by atoms with Crippen molar-refractivity contribution >= 4 is 11.0 Å². The number of para-hydroxylation sites is 1. The van der Waals surface area contributed by atoms with Gasteiger partial charge in [-0.05, 0) is 32.4 Å². The fraction of sp³-hybridized carbons (Fsp3) is 0.412. The van der Waals surface area contributed by atoms with Crippen molar-refractivity contribution in [2.24, 2.45) is 0 Å². The molecule has 1 aliphatic heterocycles. The Hall–Kier alpha value is -2.14. The SMILES string of the molecule is Cc1c(Cn2cc([C@H]3CCCNC3)nn2)oc2ccccc12. The Balaban J connectivity index is 1.57. The topological polar surface area (TPSA) is 55.9 Å². The monoisotopic (exact) mass is 296 g/mol. The molecule has 1 N–H and O–H groups in total. The van der Waals surface area contributed by atoms with E-state index in [1.54, 1.807) is 0 Å². The van der Waals surface area contributed by atoms with Crippen molar-refractivity contribution in [1.29, 1.82) is 0 Å². The van der Waals surface area contributed by atoms with Gasteiger partial charge in [0, 0.05) is 29.6 Å². The van der Waals surface area contributed by atoms with Crippen molar-refractivity contribution in [2.45, 2.75) is 32.2 Å². The largest absolute Gasteiger partial charge is 0.459 e. The van der Waals surface area contributed by atoms with Gasteiger partial charge in [-0.1, -0.05) is 23.4 Å². The van der Waals surface area contributed by atoms with Crippen LogP contribution in [0.3, 0.4) is 0 Å². The van der Waals surface area contributed by atoms with Crippen LogP contribution in [0.1, 0.15) is 35.8 Å². The number of hydrogen-bond donors (Lipinski definition) is 1. The highest BCUT2D eigenvalue weighted by Crippen LogP contribution is 2.26. The molecule has 3 heterocycles. The molecule has 0 amide bonds. The molecule has 114 valence electrons. The molecule has 0 unspecified atom stereocenters. The van der Waals surface area contributed by atoms with E-state index in [0.29, 0.717) is 12.5 Å². The van der Waals surface area contributed by atoms with Gasteiger partial charge in [0.1, 0.15) is 17.9 Å². The Morgan fingerprint density at radius 2 is 2.27 bits per heavy atom. The first-order valence-corrected chi connectivity index (χ1v) is 7.89. The van der Waals surface area contributed by atoms with E-state index in [1.807, 2.05) is 22.9 Å². The van der Waals surface area contributed by atoms with E-state index in [4.69, 9.17) is 4.42 Å². The molecule has 0 bridgehead atoms. The molecule has 3 aromatic rings. The molecule has 22 heavy (non-hydrogen) atoms. The molecule has 4 rings (SSSR count). The minimum atomic E-state index is 0.485. The van der Waals surface area contributed by atoms with Crippen LogP contribution in [0.5, 0.6) is 0 Å². The normalized spacial score (nSPS) is 18.9. The molecular weight excluding hydrogens is 276 g/mol. The van der Waals surface area contributed by atoms with Crippen molar-refractivity contribution in [1.82, 2.24) is 20.3 Å². The highest BCUT2D eigenvalue weighted by molar-refractivity contribution is 5.81. The lowest BCUT2D eigenvalue weighted by Crippen LogP contribution is -2.28. The average Bonchev–Trinajstić information content (AvgIpc) is 3.15. The first-order valence-electron chi connectivity index (χ1n) is 7.89. The van der Waals surface area contributed by atoms with Crippen LogP contribution < -0.4 is 5.32 Å². The van der Waals surface area contributed by atoms with Gasteiger partial charge in [-0.15, -0.1) is 5.10 Å². The Morgan fingerprint density at radius 3 is 3.09 bits per heavy atom. The number of piperidine rings is 1. The highest BCUT2D eigenvalue weighted by atomic mass is 16.3. The van der Waals surface area contributed by atoms with E-state index < -0.39 is 0 Å². The van der Waals surface area contributed by atoms with Gasteiger partial charge in [0.05, 0.1) is 5.69 Å². The summed E-state index contributed by atoms with van der Waals surface area (Å²) in [6.45, 7) is 4.85. The average molecular weight is 296 g/mol. The van der Waals surface area contributed by atoms with E-state index >= 15 is 0 Å². The molecule has 1 aliphatic rings. The van der Waals surface area contributed by atoms with Gasteiger partial charge in [-0.25, -0.2) is 4.68 Å². The van der Waals surface area contributed by atoms with Crippen LogP contribution in [0, 0.1) is 6.92 Å². The summed E-state index contributed by atoms with van der Waals surface area (Å²) in [5.74, 6) is 1.44. The molecule has 5 heteroatoms. The van der Waals surface area contributed by atoms with E-state index in [-0.39, 0.29) is 0 Å². The number of hydrogen-bond acceptors (Lipinski definition) is 4. The molecule has 1 fully saturated rings. The van der Waals surface area contributed by atoms with Gasteiger partial charge < -0.3 is 9.73 Å². The van der Waals surface area contributed by atoms with E-state index in [0.717, 1.165) is 30.1 Å². The van der Waals surface area contributed by atoms with E-state index in [1.165, 1.54) is 23.8 Å². The number of fused-ring (bicyclic) bond motifs is 1. The lowest BCUT2D eigenvalue weighted by atomic mass is 9.97. The smallest absolute Gasteiger partial charge is 0.134 e. The second-order valence-electron chi connectivity index (χ2n) is 6.03. The van der Waals surface area contributed by atoms with E-state index in [2.05, 4.69) is 34.8 Å². The zero-order chi connectivity index (χ0) is 14.9. The maximum atomic E-state index is 5.96. The lowest BCUT2D eigenvalue weighted by molar-refractivity contribution is 0.454. The predicted molar refractivity (Wildman–Crippen MR) is 84.9 cm³/mol. The number of aryl methyl sites for hydroxylation is 1. The third-order valence-electron chi connectivity index (χ3n) is 4.52. The number of nitrogens with zero attached hydrogens (tertiary/aromatic N) is 3. The third kappa shape index (κ3) is 2.41. The summed E-state index contributed by atoms with van der Waals surface area (Å²) in [7, 11) is 0. The van der Waals surface area contributed by atoms with Crippen molar-refractivity contribution in [3.05, 3.63) is 47.5 Å². The first-order chi connectivity index (χ1) is 10.8. The number of rotatable bonds is 3. The highest BCUT2D eigenvalue weighted by Gasteiger charge is 2.19. The third-order valence-corrected chi connectivity index (χ3v) is 4.52. The van der Waals surface area contributed by atoms with Crippen LogP contribution in [0.25, 0.3) is 11.0 Å². The molecule has 0 radical (unpaired) electrons. The number of nitrogens with one attached hydrogen (secondary N) is 1. The Morgan fingerprint density at radius 1 is 1.36 bits per heavy atom. The minimum Gasteiger partial charge on any atom is -0.459 e. The zero-order valence-electron chi connectivity index (χ0n) is 12.7. The standard InChI is InChI=1S/C17H20N4O/c1-12-14-6-2-3-7-16(14)22-17(12)11-21-10-15(19-20-21)13-5-4-8-18-9-13/h2-3,6-7,10,13,18H,4-5,8-9,11H2,1H3/t13-/m0/s1.